The number of hydrogen-bond donors (Lipinski definition) is 1. The maximum Gasteiger partial charge on any atom is 0.148 e. The smallest absolute Gasteiger partial charge is 0.148 e. The van der Waals surface area contributed by atoms with Crippen LogP contribution in [0.2, 0.25) is 0 Å². The molecule has 0 aliphatic heterocycles. The van der Waals surface area contributed by atoms with Crippen molar-refractivity contribution in [1.29, 1.82) is 0 Å². The molecule has 3 heteroatoms. The Morgan fingerprint density at radius 3 is 2.74 bits per heavy atom. The average molecular weight is 324 g/mol. The lowest BCUT2D eigenvalue weighted by atomic mass is 10.0. The third kappa shape index (κ3) is 3.61. The van der Waals surface area contributed by atoms with Crippen molar-refractivity contribution in [1.82, 2.24) is 5.32 Å². The summed E-state index contributed by atoms with van der Waals surface area (Å²) in [6.45, 7) is 7.71. The van der Waals surface area contributed by atoms with E-state index in [0.717, 1.165) is 40.6 Å². The summed E-state index contributed by atoms with van der Waals surface area (Å²) in [6.07, 6.45) is 2.23. The molecular weight excluding hydrogens is 302 g/mol. The summed E-state index contributed by atoms with van der Waals surface area (Å²) in [5, 5.41) is 4.75. The molecule has 1 unspecified atom stereocenters. The van der Waals surface area contributed by atoms with Gasteiger partial charge in [0.25, 0.3) is 0 Å². The van der Waals surface area contributed by atoms with Crippen LogP contribution in [-0.2, 0) is 0 Å². The molecule has 0 amide bonds. The highest BCUT2D eigenvalue weighted by Crippen LogP contribution is 2.31. The topological polar surface area (TPSA) is 25.2 Å². The molecule has 0 saturated heterocycles. The van der Waals surface area contributed by atoms with Gasteiger partial charge in [0.15, 0.2) is 0 Å². The zero-order valence-corrected chi connectivity index (χ0v) is 13.5. The third-order valence-electron chi connectivity index (χ3n) is 3.21. The van der Waals surface area contributed by atoms with Crippen LogP contribution >= 0.6 is 15.9 Å². The Balaban J connectivity index is 2.29. The number of hydrogen-bond acceptors (Lipinski definition) is 2. The molecule has 2 aromatic rings. The highest BCUT2D eigenvalue weighted by atomic mass is 79.9. The van der Waals surface area contributed by atoms with Gasteiger partial charge in [0.2, 0.25) is 0 Å². The van der Waals surface area contributed by atoms with Gasteiger partial charge < -0.3 is 9.73 Å². The van der Waals surface area contributed by atoms with Gasteiger partial charge >= 0.3 is 0 Å². The summed E-state index contributed by atoms with van der Waals surface area (Å²) < 4.78 is 7.07. The molecule has 1 heterocycles. The van der Waals surface area contributed by atoms with E-state index in [1.807, 2.05) is 12.1 Å². The first kappa shape index (κ1) is 14.6. The average Bonchev–Trinajstić information content (AvgIpc) is 2.79. The summed E-state index contributed by atoms with van der Waals surface area (Å²) in [7, 11) is 0. The van der Waals surface area contributed by atoms with Gasteiger partial charge in [-0.3, -0.25) is 0 Å². The van der Waals surface area contributed by atoms with Crippen molar-refractivity contribution >= 4 is 26.9 Å². The number of nitrogens with one attached hydrogen (secondary N) is 1. The summed E-state index contributed by atoms with van der Waals surface area (Å²) in [5.41, 5.74) is 0.949. The first-order chi connectivity index (χ1) is 9.11. The van der Waals surface area contributed by atoms with Gasteiger partial charge in [0.1, 0.15) is 11.3 Å². The molecule has 1 atom stereocenters. The highest BCUT2D eigenvalue weighted by molar-refractivity contribution is 9.10. The molecule has 0 saturated carbocycles. The third-order valence-corrected chi connectivity index (χ3v) is 3.83. The largest absolute Gasteiger partial charge is 0.458 e. The predicted octanol–water partition coefficient (Wildman–Crippen LogP) is 5.28. The molecule has 0 radical (unpaired) electrons. The quantitative estimate of drug-likeness (QED) is 0.782. The first-order valence-corrected chi connectivity index (χ1v) is 7.82. The molecule has 104 valence electrons. The van der Waals surface area contributed by atoms with E-state index in [4.69, 9.17) is 4.42 Å². The monoisotopic (exact) mass is 323 g/mol. The van der Waals surface area contributed by atoms with Crippen LogP contribution in [0.4, 0.5) is 0 Å². The number of benzene rings is 1. The van der Waals surface area contributed by atoms with E-state index >= 15 is 0 Å². The van der Waals surface area contributed by atoms with E-state index in [0.29, 0.717) is 12.0 Å². The summed E-state index contributed by atoms with van der Waals surface area (Å²) in [5.74, 6) is 1.69. The fourth-order valence-corrected chi connectivity index (χ4v) is 2.77. The van der Waals surface area contributed by atoms with E-state index in [-0.39, 0.29) is 0 Å². The van der Waals surface area contributed by atoms with Gasteiger partial charge in [-0.1, -0.05) is 32.9 Å². The molecule has 19 heavy (non-hydrogen) atoms. The number of rotatable bonds is 6. The molecule has 0 fully saturated rings. The van der Waals surface area contributed by atoms with Crippen molar-refractivity contribution in [2.24, 2.45) is 5.92 Å². The predicted molar refractivity (Wildman–Crippen MR) is 84.4 cm³/mol. The van der Waals surface area contributed by atoms with Crippen molar-refractivity contribution in [3.05, 3.63) is 34.5 Å². The number of para-hydroxylation sites is 1. The summed E-state index contributed by atoms with van der Waals surface area (Å²) in [6, 6.07) is 8.63. The van der Waals surface area contributed by atoms with E-state index in [1.54, 1.807) is 0 Å². The Morgan fingerprint density at radius 1 is 1.32 bits per heavy atom. The Hall–Kier alpha value is -0.800. The molecule has 1 aromatic heterocycles. The van der Waals surface area contributed by atoms with E-state index < -0.39 is 0 Å². The fourth-order valence-electron chi connectivity index (χ4n) is 2.31. The molecular formula is C16H22BrNO. The lowest BCUT2D eigenvalue weighted by Crippen LogP contribution is -2.23. The molecule has 2 nitrogen and oxygen atoms in total. The minimum atomic E-state index is 0.305. The van der Waals surface area contributed by atoms with Crippen LogP contribution < -0.4 is 5.32 Å². The van der Waals surface area contributed by atoms with Crippen molar-refractivity contribution in [3.8, 4) is 0 Å². The lowest BCUT2D eigenvalue weighted by molar-refractivity contribution is 0.371. The van der Waals surface area contributed by atoms with Gasteiger partial charge in [-0.05, 0) is 53.4 Å². The lowest BCUT2D eigenvalue weighted by Gasteiger charge is -2.18. The van der Waals surface area contributed by atoms with E-state index in [9.17, 15) is 0 Å². The van der Waals surface area contributed by atoms with Crippen LogP contribution in [0.1, 0.15) is 45.4 Å². The fraction of sp³-hybridized carbons (Fsp3) is 0.500. The molecule has 0 aliphatic carbocycles. The Labute approximate surface area is 123 Å². The van der Waals surface area contributed by atoms with Crippen LogP contribution in [0.25, 0.3) is 11.0 Å². The van der Waals surface area contributed by atoms with Gasteiger partial charge in [-0.25, -0.2) is 0 Å². The van der Waals surface area contributed by atoms with Gasteiger partial charge in [0, 0.05) is 5.39 Å². The van der Waals surface area contributed by atoms with Crippen LogP contribution in [0.5, 0.6) is 0 Å². The van der Waals surface area contributed by atoms with Crippen LogP contribution in [0.15, 0.2) is 33.2 Å². The molecule has 2 rings (SSSR count). The van der Waals surface area contributed by atoms with E-state index in [1.165, 1.54) is 0 Å². The zero-order chi connectivity index (χ0) is 13.8. The van der Waals surface area contributed by atoms with Crippen LogP contribution in [0, 0.1) is 5.92 Å². The zero-order valence-electron chi connectivity index (χ0n) is 11.9. The Bertz CT molecular complexity index is 533. The van der Waals surface area contributed by atoms with Crippen molar-refractivity contribution < 1.29 is 4.42 Å². The van der Waals surface area contributed by atoms with E-state index in [2.05, 4.69) is 54.2 Å². The normalized spacial score (nSPS) is 13.3. The number of fused-ring (bicyclic) bond motifs is 1. The minimum Gasteiger partial charge on any atom is -0.458 e. The maximum absolute atomic E-state index is 6.05. The molecule has 0 bridgehead atoms. The second kappa shape index (κ2) is 6.58. The molecule has 0 aliphatic rings. The molecule has 1 aromatic carbocycles. The summed E-state index contributed by atoms with van der Waals surface area (Å²) >= 11 is 3.55. The SMILES string of the molecule is CCCNC(CC(C)C)c1cc2cccc(Br)c2o1. The number of halogens is 1. The van der Waals surface area contributed by atoms with Gasteiger partial charge in [0.05, 0.1) is 10.5 Å². The summed E-state index contributed by atoms with van der Waals surface area (Å²) in [4.78, 5) is 0. The van der Waals surface area contributed by atoms with Crippen molar-refractivity contribution in [2.75, 3.05) is 6.54 Å². The van der Waals surface area contributed by atoms with Crippen LogP contribution in [0.3, 0.4) is 0 Å². The minimum absolute atomic E-state index is 0.305. The highest BCUT2D eigenvalue weighted by Gasteiger charge is 2.17. The second-order valence-electron chi connectivity index (χ2n) is 5.44. The van der Waals surface area contributed by atoms with Gasteiger partial charge in [-0.15, -0.1) is 0 Å². The second-order valence-corrected chi connectivity index (χ2v) is 6.30. The maximum atomic E-state index is 6.05. The molecule has 1 N–H and O–H groups in total. The Kier molecular flexibility index (Phi) is 5.06. The number of furan rings is 1. The molecule has 0 spiro atoms. The van der Waals surface area contributed by atoms with Gasteiger partial charge in [-0.2, -0.15) is 0 Å². The van der Waals surface area contributed by atoms with Crippen molar-refractivity contribution in [2.45, 2.75) is 39.7 Å². The standard InChI is InChI=1S/C16H22BrNO/c1-4-8-18-14(9-11(2)3)15-10-12-6-5-7-13(17)16(12)19-15/h5-7,10-11,14,18H,4,8-9H2,1-3H3. The Morgan fingerprint density at radius 2 is 2.11 bits per heavy atom. The van der Waals surface area contributed by atoms with Crippen LogP contribution in [-0.4, -0.2) is 6.54 Å². The first-order valence-electron chi connectivity index (χ1n) is 7.03. The van der Waals surface area contributed by atoms with Crippen molar-refractivity contribution in [3.63, 3.8) is 0 Å².